The molecule has 1 aromatic rings. The van der Waals surface area contributed by atoms with Crippen LogP contribution in [0.1, 0.15) is 25.8 Å². The Bertz CT molecular complexity index is 488. The summed E-state index contributed by atoms with van der Waals surface area (Å²) in [5.74, 6) is 0.961. The first kappa shape index (κ1) is 21.7. The molecule has 0 aliphatic heterocycles. The fourth-order valence-corrected chi connectivity index (χ4v) is 1.84. The summed E-state index contributed by atoms with van der Waals surface area (Å²) >= 11 is 0. The lowest BCUT2D eigenvalue weighted by Crippen LogP contribution is -2.37. The van der Waals surface area contributed by atoms with Crippen LogP contribution in [0.3, 0.4) is 0 Å². The summed E-state index contributed by atoms with van der Waals surface area (Å²) in [7, 11) is 1.65. The second kappa shape index (κ2) is 12.1. The van der Waals surface area contributed by atoms with Crippen LogP contribution in [0.4, 0.5) is 8.78 Å². The lowest BCUT2D eigenvalue weighted by atomic mass is 10.2. The van der Waals surface area contributed by atoms with Gasteiger partial charge in [0.05, 0.1) is 6.61 Å². The largest absolute Gasteiger partial charge is 0.490 e. The molecule has 0 heterocycles. The van der Waals surface area contributed by atoms with Crippen molar-refractivity contribution in [3.05, 3.63) is 23.8 Å². The van der Waals surface area contributed by atoms with Gasteiger partial charge in [0.25, 0.3) is 0 Å². The van der Waals surface area contributed by atoms with Gasteiger partial charge in [-0.25, -0.2) is 0 Å². The van der Waals surface area contributed by atoms with Gasteiger partial charge in [-0.2, -0.15) is 8.78 Å². The maximum atomic E-state index is 12.6. The van der Waals surface area contributed by atoms with Crippen LogP contribution in [0.2, 0.25) is 0 Å². The van der Waals surface area contributed by atoms with Gasteiger partial charge in [0.1, 0.15) is 0 Å². The van der Waals surface area contributed by atoms with Gasteiger partial charge in [-0.1, -0.05) is 19.1 Å². The zero-order valence-electron chi connectivity index (χ0n) is 13.6. The van der Waals surface area contributed by atoms with E-state index in [4.69, 9.17) is 4.74 Å². The van der Waals surface area contributed by atoms with E-state index in [2.05, 4.69) is 20.4 Å². The molecule has 5 nitrogen and oxygen atoms in total. The number of benzene rings is 1. The highest BCUT2D eigenvalue weighted by Crippen LogP contribution is 2.32. The number of alkyl halides is 2. The van der Waals surface area contributed by atoms with Crippen molar-refractivity contribution >= 4 is 29.9 Å². The van der Waals surface area contributed by atoms with E-state index in [9.17, 15) is 8.78 Å². The average molecular weight is 443 g/mol. The summed E-state index contributed by atoms with van der Waals surface area (Å²) in [6.45, 7) is 2.37. The molecule has 2 N–H and O–H groups in total. The zero-order chi connectivity index (χ0) is 16.4. The Balaban J connectivity index is 0.00000484. The third-order valence-corrected chi connectivity index (χ3v) is 2.78. The molecule has 0 aliphatic rings. The zero-order valence-corrected chi connectivity index (χ0v) is 15.9. The van der Waals surface area contributed by atoms with E-state index in [0.29, 0.717) is 30.4 Å². The fraction of sp³-hybridized carbons (Fsp3) is 0.533. The van der Waals surface area contributed by atoms with E-state index in [1.165, 1.54) is 0 Å². The van der Waals surface area contributed by atoms with Crippen LogP contribution in [0.15, 0.2) is 23.2 Å². The predicted octanol–water partition coefficient (Wildman–Crippen LogP) is 3.38. The lowest BCUT2D eigenvalue weighted by Gasteiger charge is -2.17. The molecule has 1 aromatic carbocycles. The van der Waals surface area contributed by atoms with Gasteiger partial charge in [-0.3, -0.25) is 4.99 Å². The number of para-hydroxylation sites is 1. The third kappa shape index (κ3) is 7.67. The first-order valence-electron chi connectivity index (χ1n) is 7.26. The highest BCUT2D eigenvalue weighted by molar-refractivity contribution is 14.0. The van der Waals surface area contributed by atoms with Crippen LogP contribution in [-0.2, 0) is 6.54 Å². The van der Waals surface area contributed by atoms with E-state index in [-0.39, 0.29) is 29.7 Å². The summed E-state index contributed by atoms with van der Waals surface area (Å²) in [5, 5.41) is 6.17. The fourth-order valence-electron chi connectivity index (χ4n) is 1.84. The number of rotatable bonds is 8. The molecule has 0 unspecified atom stereocenters. The molecule has 0 spiro atoms. The first-order valence-corrected chi connectivity index (χ1v) is 7.26. The number of ether oxygens (including phenoxy) is 2. The Kier molecular flexibility index (Phi) is 11.4. The first-order chi connectivity index (χ1) is 10.6. The number of halogens is 3. The highest BCUT2D eigenvalue weighted by atomic mass is 127. The number of aliphatic imine (C=N–C) groups is 1. The summed E-state index contributed by atoms with van der Waals surface area (Å²) in [4.78, 5) is 4.06. The Morgan fingerprint density at radius 3 is 2.57 bits per heavy atom. The van der Waals surface area contributed by atoms with Crippen molar-refractivity contribution in [2.45, 2.75) is 33.4 Å². The van der Waals surface area contributed by atoms with Gasteiger partial charge in [0, 0.05) is 25.7 Å². The van der Waals surface area contributed by atoms with E-state index < -0.39 is 6.61 Å². The second-order valence-corrected chi connectivity index (χ2v) is 4.41. The van der Waals surface area contributed by atoms with Crippen LogP contribution in [-0.4, -0.2) is 32.8 Å². The molecule has 8 heteroatoms. The second-order valence-electron chi connectivity index (χ2n) is 4.41. The molecular formula is C15H24F2IN3O2. The standard InChI is InChI=1S/C15H23F2N3O2.HI/c1-4-9-19-15(18-3)20-10-11-7-6-8-12(21-5-2)13(11)22-14(16)17;/h6-8,14H,4-5,9-10H2,1-3H3,(H2,18,19,20);1H. The Labute approximate surface area is 152 Å². The van der Waals surface area contributed by atoms with Crippen molar-refractivity contribution in [3.63, 3.8) is 0 Å². The third-order valence-electron chi connectivity index (χ3n) is 2.78. The molecule has 0 amide bonds. The SMILES string of the molecule is CCCNC(=NC)NCc1cccc(OCC)c1OC(F)F.I. The molecule has 0 saturated carbocycles. The molecular weight excluding hydrogens is 419 g/mol. The summed E-state index contributed by atoms with van der Waals surface area (Å²) in [6, 6.07) is 5.05. The highest BCUT2D eigenvalue weighted by Gasteiger charge is 2.15. The number of hydrogen-bond donors (Lipinski definition) is 2. The maximum Gasteiger partial charge on any atom is 0.387 e. The number of guanidine groups is 1. The van der Waals surface area contributed by atoms with Gasteiger partial charge >= 0.3 is 6.61 Å². The van der Waals surface area contributed by atoms with E-state index in [1.54, 1.807) is 32.2 Å². The minimum atomic E-state index is -2.90. The Morgan fingerprint density at radius 1 is 1.26 bits per heavy atom. The quantitative estimate of drug-likeness (QED) is 0.368. The van der Waals surface area contributed by atoms with Crippen molar-refractivity contribution in [2.75, 3.05) is 20.2 Å². The van der Waals surface area contributed by atoms with E-state index in [0.717, 1.165) is 13.0 Å². The number of hydrogen-bond acceptors (Lipinski definition) is 3. The summed E-state index contributed by atoms with van der Waals surface area (Å²) in [6.07, 6.45) is 0.959. The molecule has 0 saturated heterocycles. The molecule has 0 fully saturated rings. The smallest absolute Gasteiger partial charge is 0.387 e. The Morgan fingerprint density at radius 2 is 2.00 bits per heavy atom. The van der Waals surface area contributed by atoms with Gasteiger partial charge in [0.15, 0.2) is 17.5 Å². The van der Waals surface area contributed by atoms with Crippen LogP contribution in [0.5, 0.6) is 11.5 Å². The topological polar surface area (TPSA) is 54.9 Å². The molecule has 0 aromatic heterocycles. The summed E-state index contributed by atoms with van der Waals surface area (Å²) in [5.41, 5.74) is 0.575. The van der Waals surface area contributed by atoms with Gasteiger partial charge in [0.2, 0.25) is 0 Å². The van der Waals surface area contributed by atoms with Gasteiger partial charge < -0.3 is 20.1 Å². The monoisotopic (exact) mass is 443 g/mol. The maximum absolute atomic E-state index is 12.6. The van der Waals surface area contributed by atoms with Crippen LogP contribution in [0, 0.1) is 0 Å². The predicted molar refractivity (Wildman–Crippen MR) is 98.2 cm³/mol. The van der Waals surface area contributed by atoms with Gasteiger partial charge in [-0.15, -0.1) is 24.0 Å². The van der Waals surface area contributed by atoms with Gasteiger partial charge in [-0.05, 0) is 19.4 Å². The van der Waals surface area contributed by atoms with Crippen molar-refractivity contribution in [1.82, 2.24) is 10.6 Å². The van der Waals surface area contributed by atoms with Crippen molar-refractivity contribution < 1.29 is 18.3 Å². The van der Waals surface area contributed by atoms with Crippen molar-refractivity contribution in [3.8, 4) is 11.5 Å². The van der Waals surface area contributed by atoms with E-state index >= 15 is 0 Å². The van der Waals surface area contributed by atoms with Crippen LogP contribution in [0.25, 0.3) is 0 Å². The molecule has 0 aliphatic carbocycles. The molecule has 0 bridgehead atoms. The number of nitrogens with zero attached hydrogens (tertiary/aromatic N) is 1. The summed E-state index contributed by atoms with van der Waals surface area (Å²) < 4.78 is 35.2. The molecule has 0 radical (unpaired) electrons. The van der Waals surface area contributed by atoms with Crippen molar-refractivity contribution in [2.24, 2.45) is 4.99 Å². The minimum Gasteiger partial charge on any atom is -0.490 e. The Hall–Kier alpha value is -1.32. The van der Waals surface area contributed by atoms with Crippen molar-refractivity contribution in [1.29, 1.82) is 0 Å². The average Bonchev–Trinajstić information content (AvgIpc) is 2.50. The normalized spacial score (nSPS) is 11.0. The molecule has 1 rings (SSSR count). The lowest BCUT2D eigenvalue weighted by molar-refractivity contribution is -0.0520. The molecule has 132 valence electrons. The van der Waals surface area contributed by atoms with E-state index in [1.807, 2.05) is 6.92 Å². The molecule has 0 atom stereocenters. The van der Waals surface area contributed by atoms with Crippen LogP contribution < -0.4 is 20.1 Å². The van der Waals surface area contributed by atoms with Crippen LogP contribution >= 0.6 is 24.0 Å². The minimum absolute atomic E-state index is 0. The number of nitrogens with one attached hydrogen (secondary N) is 2. The molecule has 23 heavy (non-hydrogen) atoms.